The van der Waals surface area contributed by atoms with Gasteiger partial charge in [-0.2, -0.15) is 19.8 Å². The third-order valence-electron chi connectivity index (χ3n) is 0.743. The summed E-state index contributed by atoms with van der Waals surface area (Å²) < 4.78 is 0. The molecule has 0 aromatic heterocycles. The second-order valence-corrected chi connectivity index (χ2v) is 1.40. The normalized spacial score (nSPS) is 6.75. The van der Waals surface area contributed by atoms with Crippen molar-refractivity contribution in [2.24, 2.45) is 0 Å². The van der Waals surface area contributed by atoms with Crippen LogP contribution < -0.4 is 0 Å². The summed E-state index contributed by atoms with van der Waals surface area (Å²) in [5.74, 6) is 0. The molecule has 0 N–H and O–H groups in total. The average Bonchev–Trinajstić information content (AvgIpc) is 1.61. The third-order valence-corrected chi connectivity index (χ3v) is 0.743. The van der Waals surface area contributed by atoms with Gasteiger partial charge in [-0.3, -0.25) is 0 Å². The number of hydrogen-bond acceptors (Lipinski definition) is 0. The molecule has 0 aliphatic rings. The van der Waals surface area contributed by atoms with E-state index in [-0.39, 0.29) is 40.1 Å². The van der Waals surface area contributed by atoms with E-state index in [0.717, 1.165) is 6.42 Å². The summed E-state index contributed by atoms with van der Waals surface area (Å²) in [5.41, 5.74) is 0. The Labute approximate surface area is 79.3 Å². The molecule has 0 aliphatic carbocycles. The molecule has 0 amide bonds. The Hall–Kier alpha value is 1.10. The standard InChI is InChI=1S/C6H12.CH3.Y/c1-3-5-6-4-2;;/h4H,1,3,5-6H2,2H3;1H3;/q-2;-1;+3. The van der Waals surface area contributed by atoms with Crippen LogP contribution in [0.1, 0.15) is 26.2 Å². The zero-order chi connectivity index (χ0) is 4.83. The fraction of sp³-hybridized carbons (Fsp3) is 0.571. The molecule has 1 heteroatoms. The van der Waals surface area contributed by atoms with Crippen LogP contribution in [0.2, 0.25) is 0 Å². The molecule has 46 valence electrons. The maximum absolute atomic E-state index is 3.70. The summed E-state index contributed by atoms with van der Waals surface area (Å²) in [4.78, 5) is 0. The molecular formula is C7H15Y. The third kappa shape index (κ3) is 15.7. The van der Waals surface area contributed by atoms with E-state index in [1.54, 1.807) is 0 Å². The fourth-order valence-electron chi connectivity index (χ4n) is 0.348. The van der Waals surface area contributed by atoms with Gasteiger partial charge in [0.05, 0.1) is 0 Å². The summed E-state index contributed by atoms with van der Waals surface area (Å²) in [6.07, 6.45) is 5.72. The maximum atomic E-state index is 3.70. The molecule has 0 aliphatic heterocycles. The molecule has 0 fully saturated rings. The van der Waals surface area contributed by atoms with Gasteiger partial charge < -0.3 is 20.8 Å². The molecule has 0 aromatic rings. The van der Waals surface area contributed by atoms with E-state index >= 15 is 0 Å². The number of hydrogen-bond donors (Lipinski definition) is 0. The van der Waals surface area contributed by atoms with Crippen LogP contribution in [-0.2, 0) is 32.7 Å². The van der Waals surface area contributed by atoms with Gasteiger partial charge >= 0.3 is 32.7 Å². The van der Waals surface area contributed by atoms with Crippen LogP contribution in [-0.4, -0.2) is 0 Å². The van der Waals surface area contributed by atoms with Gasteiger partial charge in [-0.15, -0.1) is 6.42 Å². The quantitative estimate of drug-likeness (QED) is 0.471. The molecule has 0 bridgehead atoms. The molecule has 0 atom stereocenters. The van der Waals surface area contributed by atoms with E-state index in [9.17, 15) is 0 Å². The van der Waals surface area contributed by atoms with Gasteiger partial charge in [-0.1, -0.05) is 0 Å². The van der Waals surface area contributed by atoms with Gasteiger partial charge in [-0.05, 0) is 0 Å². The van der Waals surface area contributed by atoms with E-state index in [2.05, 4.69) is 20.3 Å². The number of unbranched alkanes of at least 4 members (excludes halogenated alkanes) is 3. The first-order valence-corrected chi connectivity index (χ1v) is 2.49. The van der Waals surface area contributed by atoms with Gasteiger partial charge in [-0.25, -0.2) is 0 Å². The molecule has 0 heterocycles. The average molecular weight is 188 g/mol. The largest absolute Gasteiger partial charge is 3.00 e. The number of rotatable bonds is 3. The maximum Gasteiger partial charge on any atom is 3.00 e. The topological polar surface area (TPSA) is 0 Å². The van der Waals surface area contributed by atoms with E-state index in [0.29, 0.717) is 0 Å². The summed E-state index contributed by atoms with van der Waals surface area (Å²) in [5, 5.41) is 0. The molecule has 8 heavy (non-hydrogen) atoms. The Morgan fingerprint density at radius 2 is 2.00 bits per heavy atom. The van der Waals surface area contributed by atoms with Gasteiger partial charge in [0.2, 0.25) is 0 Å². The van der Waals surface area contributed by atoms with Crippen molar-refractivity contribution in [2.45, 2.75) is 26.2 Å². The second-order valence-electron chi connectivity index (χ2n) is 1.40. The van der Waals surface area contributed by atoms with Crippen LogP contribution in [0.15, 0.2) is 0 Å². The molecule has 0 saturated heterocycles. The van der Waals surface area contributed by atoms with Crippen molar-refractivity contribution in [2.75, 3.05) is 0 Å². The van der Waals surface area contributed by atoms with Crippen molar-refractivity contribution in [3.63, 3.8) is 0 Å². The predicted molar refractivity (Wildman–Crippen MR) is 35.6 cm³/mol. The minimum Gasteiger partial charge on any atom is -0.358 e. The summed E-state index contributed by atoms with van der Waals surface area (Å²) in [7, 11) is 0. The van der Waals surface area contributed by atoms with E-state index in [1.165, 1.54) is 12.8 Å². The Morgan fingerprint density at radius 3 is 2.12 bits per heavy atom. The van der Waals surface area contributed by atoms with Gasteiger partial charge in [0, 0.05) is 0 Å². The smallest absolute Gasteiger partial charge is 0.358 e. The molecule has 0 nitrogen and oxygen atoms in total. The molecule has 0 spiro atoms. The Bertz CT molecular complexity index is 16.3. The monoisotopic (exact) mass is 188 g/mol. The van der Waals surface area contributed by atoms with Crippen LogP contribution in [0.25, 0.3) is 0 Å². The minimum atomic E-state index is 0. The van der Waals surface area contributed by atoms with Crippen LogP contribution in [0.3, 0.4) is 0 Å². The SMILES string of the molecule is [CH2-]CCC[CH-]C.[CH3-].[Y+3]. The fourth-order valence-corrected chi connectivity index (χ4v) is 0.348. The second kappa shape index (κ2) is 15.7. The summed E-state index contributed by atoms with van der Waals surface area (Å²) >= 11 is 0. The van der Waals surface area contributed by atoms with Crippen molar-refractivity contribution < 1.29 is 32.7 Å². The first kappa shape index (κ1) is 16.0. The summed E-state index contributed by atoms with van der Waals surface area (Å²) in [6, 6.07) is 0. The van der Waals surface area contributed by atoms with Crippen LogP contribution in [0, 0.1) is 20.8 Å². The Kier molecular flexibility index (Phi) is 31.5. The molecule has 0 rings (SSSR count). The van der Waals surface area contributed by atoms with Crippen LogP contribution in [0.5, 0.6) is 0 Å². The molecule has 0 saturated carbocycles. The van der Waals surface area contributed by atoms with Crippen molar-refractivity contribution >= 4 is 0 Å². The predicted octanol–water partition coefficient (Wildman–Crippen LogP) is 2.66. The minimum absolute atomic E-state index is 0. The van der Waals surface area contributed by atoms with Crippen LogP contribution in [0.4, 0.5) is 0 Å². The van der Waals surface area contributed by atoms with E-state index in [1.807, 2.05) is 0 Å². The molecule has 0 radical (unpaired) electrons. The first-order valence-electron chi connectivity index (χ1n) is 2.49. The van der Waals surface area contributed by atoms with Crippen molar-refractivity contribution in [1.82, 2.24) is 0 Å². The Balaban J connectivity index is -0.000000125. The van der Waals surface area contributed by atoms with E-state index < -0.39 is 0 Å². The zero-order valence-electron chi connectivity index (χ0n) is 5.98. The van der Waals surface area contributed by atoms with Crippen molar-refractivity contribution in [3.8, 4) is 0 Å². The van der Waals surface area contributed by atoms with Crippen LogP contribution >= 0.6 is 0 Å². The van der Waals surface area contributed by atoms with Gasteiger partial charge in [0.1, 0.15) is 0 Å². The first-order chi connectivity index (χ1) is 2.91. The summed E-state index contributed by atoms with van der Waals surface area (Å²) in [6.45, 7) is 5.78. The zero-order valence-corrected chi connectivity index (χ0v) is 8.82. The van der Waals surface area contributed by atoms with Gasteiger partial charge in [0.25, 0.3) is 0 Å². The van der Waals surface area contributed by atoms with E-state index in [4.69, 9.17) is 0 Å². The molecule has 0 unspecified atom stereocenters. The van der Waals surface area contributed by atoms with Gasteiger partial charge in [0.15, 0.2) is 0 Å². The Morgan fingerprint density at radius 1 is 1.50 bits per heavy atom. The molecular weight excluding hydrogens is 173 g/mol. The van der Waals surface area contributed by atoms with Crippen molar-refractivity contribution in [1.29, 1.82) is 0 Å². The molecule has 0 aromatic carbocycles. The van der Waals surface area contributed by atoms with Crippen molar-refractivity contribution in [3.05, 3.63) is 20.8 Å².